The van der Waals surface area contributed by atoms with Gasteiger partial charge in [-0.3, -0.25) is 9.57 Å². The topological polar surface area (TPSA) is 104 Å². The summed E-state index contributed by atoms with van der Waals surface area (Å²) in [5, 5.41) is 8.29. The molecule has 0 saturated carbocycles. The molecule has 0 radical (unpaired) electrons. The molecule has 0 aliphatic carbocycles. The van der Waals surface area contributed by atoms with Gasteiger partial charge in [0.2, 0.25) is 0 Å². The molecule has 3 atom stereocenters. The van der Waals surface area contributed by atoms with Crippen molar-refractivity contribution in [2.45, 2.75) is 38.0 Å². The van der Waals surface area contributed by atoms with Gasteiger partial charge in [-0.15, -0.1) is 0 Å². The summed E-state index contributed by atoms with van der Waals surface area (Å²) in [4.78, 5) is 10.4. The average molecular weight is 222 g/mol. The van der Waals surface area contributed by atoms with E-state index in [0.29, 0.717) is 6.42 Å². The van der Waals surface area contributed by atoms with Crippen molar-refractivity contribution < 1.29 is 14.1 Å². The van der Waals surface area contributed by atoms with Crippen LogP contribution >= 0.6 is 0 Å². The van der Waals surface area contributed by atoms with Crippen LogP contribution in [0.5, 0.6) is 0 Å². The minimum Gasteiger partial charge on any atom is -0.480 e. The molecule has 2 unspecified atom stereocenters. The third-order valence-electron chi connectivity index (χ3n) is 2.27. The average Bonchev–Trinajstić information content (AvgIpc) is 2.12. The standard InChI is InChI=1S/C8H18N2O3S/c1-3-6(2)14(10,13)5-4-7(9)8(11)12/h6-7,10H,3-5,9H2,1-2H3,(H,11,12)/t6?,7-,14?/m0/s1. The number of aliphatic carboxylic acids is 1. The van der Waals surface area contributed by atoms with Gasteiger partial charge in [-0.2, -0.15) is 0 Å². The molecular weight excluding hydrogens is 204 g/mol. The molecular formula is C8H18N2O3S. The van der Waals surface area contributed by atoms with Gasteiger partial charge in [0.15, 0.2) is 0 Å². The Balaban J connectivity index is 4.20. The molecule has 0 aromatic rings. The highest BCUT2D eigenvalue weighted by atomic mass is 32.2. The van der Waals surface area contributed by atoms with E-state index in [-0.39, 0.29) is 17.4 Å². The Hall–Kier alpha value is -0.620. The first-order valence-electron chi connectivity index (χ1n) is 4.55. The fourth-order valence-electron chi connectivity index (χ4n) is 0.896. The van der Waals surface area contributed by atoms with Gasteiger partial charge < -0.3 is 10.8 Å². The van der Waals surface area contributed by atoms with Crippen LogP contribution in [0.2, 0.25) is 0 Å². The van der Waals surface area contributed by atoms with Crippen molar-refractivity contribution in [2.24, 2.45) is 5.73 Å². The second-order valence-electron chi connectivity index (χ2n) is 3.38. The van der Waals surface area contributed by atoms with Crippen LogP contribution in [0.1, 0.15) is 26.7 Å². The van der Waals surface area contributed by atoms with Crippen molar-refractivity contribution in [1.82, 2.24) is 0 Å². The molecule has 5 nitrogen and oxygen atoms in total. The minimum absolute atomic E-state index is 0.0650. The Morgan fingerprint density at radius 1 is 1.64 bits per heavy atom. The van der Waals surface area contributed by atoms with Gasteiger partial charge >= 0.3 is 5.97 Å². The van der Waals surface area contributed by atoms with E-state index >= 15 is 0 Å². The second-order valence-corrected chi connectivity index (χ2v) is 6.05. The van der Waals surface area contributed by atoms with Crippen molar-refractivity contribution in [3.8, 4) is 0 Å². The lowest BCUT2D eigenvalue weighted by molar-refractivity contribution is -0.138. The fraction of sp³-hybridized carbons (Fsp3) is 0.875. The van der Waals surface area contributed by atoms with E-state index in [1.165, 1.54) is 0 Å². The maximum Gasteiger partial charge on any atom is 0.320 e. The molecule has 0 aromatic carbocycles. The number of rotatable bonds is 6. The quantitative estimate of drug-likeness (QED) is 0.613. The molecule has 0 bridgehead atoms. The highest BCUT2D eigenvalue weighted by Gasteiger charge is 2.19. The number of nitrogens with one attached hydrogen (secondary N) is 1. The monoisotopic (exact) mass is 222 g/mol. The van der Waals surface area contributed by atoms with Crippen LogP contribution < -0.4 is 5.73 Å². The van der Waals surface area contributed by atoms with Crippen LogP contribution in [-0.4, -0.2) is 32.3 Å². The fourth-order valence-corrected chi connectivity index (χ4v) is 2.44. The summed E-state index contributed by atoms with van der Waals surface area (Å²) < 4.78 is 19.2. The molecule has 0 fully saturated rings. The molecule has 84 valence electrons. The van der Waals surface area contributed by atoms with Crippen LogP contribution in [0, 0.1) is 4.78 Å². The first-order chi connectivity index (χ1) is 6.31. The molecule has 0 saturated heterocycles. The number of carbonyl (C=O) groups is 1. The first-order valence-corrected chi connectivity index (χ1v) is 6.34. The minimum atomic E-state index is -2.68. The molecule has 0 amide bonds. The second kappa shape index (κ2) is 5.31. The summed E-state index contributed by atoms with van der Waals surface area (Å²) in [6, 6.07) is -1.01. The molecule has 6 heteroatoms. The highest BCUT2D eigenvalue weighted by molar-refractivity contribution is 7.93. The van der Waals surface area contributed by atoms with Gasteiger partial charge in [-0.05, 0) is 19.8 Å². The van der Waals surface area contributed by atoms with Gasteiger partial charge in [-0.1, -0.05) is 6.92 Å². The zero-order valence-corrected chi connectivity index (χ0v) is 9.34. The lowest BCUT2D eigenvalue weighted by Crippen LogP contribution is -2.33. The van der Waals surface area contributed by atoms with Gasteiger partial charge in [0.25, 0.3) is 0 Å². The van der Waals surface area contributed by atoms with Crippen LogP contribution in [0.25, 0.3) is 0 Å². The Bertz CT molecular complexity index is 287. The maximum absolute atomic E-state index is 11.7. The zero-order valence-electron chi connectivity index (χ0n) is 8.53. The van der Waals surface area contributed by atoms with Crippen LogP contribution in [-0.2, 0) is 14.5 Å². The first kappa shape index (κ1) is 13.4. The number of carboxylic acid groups (broad SMARTS) is 1. The van der Waals surface area contributed by atoms with Gasteiger partial charge in [0.05, 0.1) is 0 Å². The van der Waals surface area contributed by atoms with E-state index in [1.807, 2.05) is 6.92 Å². The number of nitrogens with two attached hydrogens (primary N) is 1. The molecule has 0 heterocycles. The van der Waals surface area contributed by atoms with Crippen LogP contribution in [0.3, 0.4) is 0 Å². The number of carboxylic acids is 1. The highest BCUT2D eigenvalue weighted by Crippen LogP contribution is 2.09. The summed E-state index contributed by atoms with van der Waals surface area (Å²) in [5.74, 6) is -1.04. The van der Waals surface area contributed by atoms with Gasteiger partial charge in [0, 0.05) is 20.7 Å². The van der Waals surface area contributed by atoms with Crippen molar-refractivity contribution in [1.29, 1.82) is 4.78 Å². The summed E-state index contributed by atoms with van der Waals surface area (Å²) in [6.45, 7) is 3.59. The summed E-state index contributed by atoms with van der Waals surface area (Å²) in [5.41, 5.74) is 5.26. The Morgan fingerprint density at radius 2 is 2.14 bits per heavy atom. The van der Waals surface area contributed by atoms with E-state index in [4.69, 9.17) is 15.6 Å². The predicted octanol–water partition coefficient (Wildman–Crippen LogP) is 0.634. The van der Waals surface area contributed by atoms with Crippen molar-refractivity contribution >= 4 is 15.7 Å². The van der Waals surface area contributed by atoms with E-state index in [1.54, 1.807) is 6.92 Å². The molecule has 0 aliphatic rings. The van der Waals surface area contributed by atoms with E-state index < -0.39 is 21.7 Å². The summed E-state index contributed by atoms with van der Waals surface area (Å²) >= 11 is 0. The lowest BCUT2D eigenvalue weighted by Gasteiger charge is -2.14. The molecule has 0 rings (SSSR count). The zero-order chi connectivity index (χ0) is 11.4. The van der Waals surface area contributed by atoms with Crippen LogP contribution in [0.4, 0.5) is 0 Å². The van der Waals surface area contributed by atoms with Crippen LogP contribution in [0.15, 0.2) is 0 Å². The Kier molecular flexibility index (Phi) is 5.07. The van der Waals surface area contributed by atoms with E-state index in [2.05, 4.69) is 0 Å². The predicted molar refractivity (Wildman–Crippen MR) is 55.7 cm³/mol. The molecule has 14 heavy (non-hydrogen) atoms. The lowest BCUT2D eigenvalue weighted by atomic mass is 10.2. The smallest absolute Gasteiger partial charge is 0.320 e. The van der Waals surface area contributed by atoms with Gasteiger partial charge in [-0.25, -0.2) is 4.21 Å². The summed E-state index contributed by atoms with van der Waals surface area (Å²) in [7, 11) is -2.68. The van der Waals surface area contributed by atoms with Crippen molar-refractivity contribution in [2.75, 3.05) is 5.75 Å². The van der Waals surface area contributed by atoms with E-state index in [0.717, 1.165) is 0 Å². The molecule has 4 N–H and O–H groups in total. The molecule has 0 aromatic heterocycles. The Morgan fingerprint density at radius 3 is 2.50 bits per heavy atom. The largest absolute Gasteiger partial charge is 0.480 e. The van der Waals surface area contributed by atoms with Crippen molar-refractivity contribution in [3.05, 3.63) is 0 Å². The number of hydrogen-bond acceptors (Lipinski definition) is 4. The molecule has 0 spiro atoms. The number of hydrogen-bond donors (Lipinski definition) is 3. The van der Waals surface area contributed by atoms with Crippen molar-refractivity contribution in [3.63, 3.8) is 0 Å². The third kappa shape index (κ3) is 4.06. The molecule has 0 aliphatic heterocycles. The third-order valence-corrected chi connectivity index (χ3v) is 4.75. The Labute approximate surface area is 84.7 Å². The SMILES string of the molecule is CCC(C)S(=N)(=O)CC[C@H](N)C(=O)O. The van der Waals surface area contributed by atoms with E-state index in [9.17, 15) is 9.00 Å². The maximum atomic E-state index is 11.7. The summed E-state index contributed by atoms with van der Waals surface area (Å²) in [6.07, 6.45) is 0.757. The normalized spacial score (nSPS) is 19.6. The van der Waals surface area contributed by atoms with Gasteiger partial charge in [0.1, 0.15) is 6.04 Å².